The molecule has 1 unspecified atom stereocenters. The zero-order chi connectivity index (χ0) is 21.5. The minimum absolute atomic E-state index is 0.0497. The van der Waals surface area contributed by atoms with Crippen molar-refractivity contribution in [3.05, 3.63) is 82.1 Å². The highest BCUT2D eigenvalue weighted by molar-refractivity contribution is 6.04. The van der Waals surface area contributed by atoms with Gasteiger partial charge in [-0.3, -0.25) is 4.79 Å². The van der Waals surface area contributed by atoms with E-state index in [0.717, 1.165) is 23.4 Å². The summed E-state index contributed by atoms with van der Waals surface area (Å²) in [5.74, 6) is 0.395. The Morgan fingerprint density at radius 3 is 2.53 bits per heavy atom. The van der Waals surface area contributed by atoms with Gasteiger partial charge >= 0.3 is 5.97 Å². The molecule has 5 heteroatoms. The first-order valence-corrected chi connectivity index (χ1v) is 10.3. The molecular formula is C25H27NO4. The fraction of sp³-hybridized carbons (Fsp3) is 0.360. The molecule has 30 heavy (non-hydrogen) atoms. The van der Waals surface area contributed by atoms with Gasteiger partial charge < -0.3 is 14.5 Å². The first-order chi connectivity index (χ1) is 14.2. The standard InChI is InChI=1S/C25H27NO4/c1-15-10-11-20(30-15)23-21(24(28)29-14-17-8-6-5-7-9-17)16(2)26-18-12-25(3,4)13-19(27)22(18)23/h5-11,23,26H,12-14H2,1-4H3. The second-order valence-corrected chi connectivity index (χ2v) is 8.94. The van der Waals surface area contributed by atoms with Gasteiger partial charge in [0.2, 0.25) is 0 Å². The average molecular weight is 405 g/mol. The SMILES string of the molecule is CC1=C(C(=O)OCc2ccccc2)C(c2ccc(C)o2)C2=C(CC(C)(C)CC2=O)N1. The summed E-state index contributed by atoms with van der Waals surface area (Å²) in [5, 5.41) is 3.34. The van der Waals surface area contributed by atoms with Crippen molar-refractivity contribution in [2.45, 2.75) is 53.1 Å². The Morgan fingerprint density at radius 1 is 1.13 bits per heavy atom. The molecule has 0 fully saturated rings. The number of carbonyl (C=O) groups excluding carboxylic acids is 2. The summed E-state index contributed by atoms with van der Waals surface area (Å²) < 4.78 is 11.5. The minimum atomic E-state index is -0.554. The number of rotatable bonds is 4. The van der Waals surface area contributed by atoms with Gasteiger partial charge in [-0.05, 0) is 43.4 Å². The van der Waals surface area contributed by atoms with Crippen molar-refractivity contribution in [2.75, 3.05) is 0 Å². The first kappa shape index (κ1) is 20.2. The highest BCUT2D eigenvalue weighted by Crippen LogP contribution is 2.47. The molecule has 1 N–H and O–H groups in total. The lowest BCUT2D eigenvalue weighted by Gasteiger charge is -2.38. The predicted octanol–water partition coefficient (Wildman–Crippen LogP) is 4.94. The van der Waals surface area contributed by atoms with Gasteiger partial charge in [-0.15, -0.1) is 0 Å². The van der Waals surface area contributed by atoms with Crippen molar-refractivity contribution in [1.29, 1.82) is 0 Å². The van der Waals surface area contributed by atoms with Crippen molar-refractivity contribution < 1.29 is 18.7 Å². The molecule has 5 nitrogen and oxygen atoms in total. The van der Waals surface area contributed by atoms with E-state index < -0.39 is 11.9 Å². The Balaban J connectivity index is 1.71. The molecule has 0 spiro atoms. The van der Waals surface area contributed by atoms with Crippen molar-refractivity contribution in [3.8, 4) is 0 Å². The number of furan rings is 1. The average Bonchev–Trinajstić information content (AvgIpc) is 3.11. The van der Waals surface area contributed by atoms with Gasteiger partial charge in [0.15, 0.2) is 5.78 Å². The summed E-state index contributed by atoms with van der Waals surface area (Å²) in [5.41, 5.74) is 3.43. The summed E-state index contributed by atoms with van der Waals surface area (Å²) >= 11 is 0. The molecule has 4 rings (SSSR count). The summed E-state index contributed by atoms with van der Waals surface area (Å²) in [7, 11) is 0. The quantitative estimate of drug-likeness (QED) is 0.730. The zero-order valence-corrected chi connectivity index (χ0v) is 17.9. The van der Waals surface area contributed by atoms with Crippen LogP contribution in [0.5, 0.6) is 0 Å². The van der Waals surface area contributed by atoms with E-state index in [1.807, 2.05) is 56.3 Å². The maximum atomic E-state index is 13.2. The highest BCUT2D eigenvalue weighted by atomic mass is 16.5. The zero-order valence-electron chi connectivity index (χ0n) is 17.9. The second kappa shape index (κ2) is 7.63. The largest absolute Gasteiger partial charge is 0.465 e. The lowest BCUT2D eigenvalue weighted by atomic mass is 9.69. The van der Waals surface area contributed by atoms with Crippen molar-refractivity contribution in [2.24, 2.45) is 5.41 Å². The van der Waals surface area contributed by atoms with Crippen LogP contribution in [0.25, 0.3) is 0 Å². The molecule has 0 saturated carbocycles. The number of Topliss-reactive ketones (excluding diaryl/α,β-unsaturated/α-hetero) is 1. The smallest absolute Gasteiger partial charge is 0.337 e. The number of esters is 1. The maximum Gasteiger partial charge on any atom is 0.337 e. The molecule has 2 heterocycles. The number of hydrogen-bond acceptors (Lipinski definition) is 5. The van der Waals surface area contributed by atoms with Crippen LogP contribution in [0, 0.1) is 12.3 Å². The molecule has 1 aliphatic heterocycles. The highest BCUT2D eigenvalue weighted by Gasteiger charge is 2.44. The number of allylic oxidation sites excluding steroid dienone is 3. The Kier molecular flexibility index (Phi) is 5.14. The lowest BCUT2D eigenvalue weighted by molar-refractivity contribution is -0.140. The first-order valence-electron chi connectivity index (χ1n) is 10.3. The van der Waals surface area contributed by atoms with Crippen LogP contribution in [-0.2, 0) is 20.9 Å². The molecule has 2 aliphatic rings. The summed E-state index contributed by atoms with van der Waals surface area (Å²) in [4.78, 5) is 26.4. The fourth-order valence-electron chi connectivity index (χ4n) is 4.40. The van der Waals surface area contributed by atoms with E-state index in [2.05, 4.69) is 19.2 Å². The van der Waals surface area contributed by atoms with Crippen LogP contribution >= 0.6 is 0 Å². The van der Waals surface area contributed by atoms with Gasteiger partial charge in [-0.1, -0.05) is 44.2 Å². The molecule has 2 aromatic rings. The number of hydrogen-bond donors (Lipinski definition) is 1. The van der Waals surface area contributed by atoms with Gasteiger partial charge in [0.05, 0.1) is 11.5 Å². The van der Waals surface area contributed by atoms with Crippen LogP contribution in [0.4, 0.5) is 0 Å². The molecule has 0 radical (unpaired) electrons. The molecule has 0 bridgehead atoms. The molecule has 1 atom stereocenters. The van der Waals surface area contributed by atoms with Crippen LogP contribution in [0.2, 0.25) is 0 Å². The summed E-state index contributed by atoms with van der Waals surface area (Å²) in [6, 6.07) is 13.3. The van der Waals surface area contributed by atoms with Crippen LogP contribution < -0.4 is 5.32 Å². The van der Waals surface area contributed by atoms with Gasteiger partial charge in [0, 0.05) is 23.4 Å². The van der Waals surface area contributed by atoms with Crippen LogP contribution in [0.15, 0.2) is 69.4 Å². The Bertz CT molecular complexity index is 1060. The van der Waals surface area contributed by atoms with E-state index in [4.69, 9.17) is 9.15 Å². The van der Waals surface area contributed by atoms with Crippen LogP contribution in [0.1, 0.15) is 56.6 Å². The topological polar surface area (TPSA) is 68.5 Å². The third-order valence-electron chi connectivity index (χ3n) is 5.72. The number of nitrogens with one attached hydrogen (secondary N) is 1. The van der Waals surface area contributed by atoms with E-state index >= 15 is 0 Å². The summed E-state index contributed by atoms with van der Waals surface area (Å²) in [6.45, 7) is 8.07. The van der Waals surface area contributed by atoms with E-state index in [0.29, 0.717) is 29.0 Å². The molecule has 156 valence electrons. The normalized spacial score (nSPS) is 20.7. The van der Waals surface area contributed by atoms with E-state index in [1.54, 1.807) is 0 Å². The third kappa shape index (κ3) is 3.84. The number of dihydropyridines is 1. The number of carbonyl (C=O) groups is 2. The fourth-order valence-corrected chi connectivity index (χ4v) is 4.40. The van der Waals surface area contributed by atoms with Gasteiger partial charge in [0.25, 0.3) is 0 Å². The number of aryl methyl sites for hydroxylation is 1. The maximum absolute atomic E-state index is 13.2. The monoisotopic (exact) mass is 405 g/mol. The van der Waals surface area contributed by atoms with Crippen molar-refractivity contribution >= 4 is 11.8 Å². The van der Waals surface area contributed by atoms with Crippen LogP contribution in [0.3, 0.4) is 0 Å². The molecule has 1 aromatic heterocycles. The molecule has 1 aromatic carbocycles. The van der Waals surface area contributed by atoms with Crippen molar-refractivity contribution in [1.82, 2.24) is 5.32 Å². The molecule has 1 aliphatic carbocycles. The van der Waals surface area contributed by atoms with E-state index in [-0.39, 0.29) is 17.8 Å². The summed E-state index contributed by atoms with van der Waals surface area (Å²) in [6.07, 6.45) is 1.18. The Morgan fingerprint density at radius 2 is 1.87 bits per heavy atom. The number of ether oxygens (including phenoxy) is 1. The Hall–Kier alpha value is -3.08. The number of ketones is 1. The Labute approximate surface area is 176 Å². The second-order valence-electron chi connectivity index (χ2n) is 8.94. The number of benzene rings is 1. The van der Waals surface area contributed by atoms with E-state index in [9.17, 15) is 9.59 Å². The molecular weight excluding hydrogens is 378 g/mol. The predicted molar refractivity (Wildman–Crippen MR) is 113 cm³/mol. The molecule has 0 amide bonds. The lowest BCUT2D eigenvalue weighted by Crippen LogP contribution is -2.38. The third-order valence-corrected chi connectivity index (χ3v) is 5.72. The van der Waals surface area contributed by atoms with Gasteiger partial charge in [0.1, 0.15) is 18.1 Å². The van der Waals surface area contributed by atoms with Gasteiger partial charge in [-0.2, -0.15) is 0 Å². The van der Waals surface area contributed by atoms with Crippen LogP contribution in [-0.4, -0.2) is 11.8 Å². The van der Waals surface area contributed by atoms with Crippen molar-refractivity contribution in [3.63, 3.8) is 0 Å². The van der Waals surface area contributed by atoms with E-state index in [1.165, 1.54) is 0 Å². The molecule has 0 saturated heterocycles. The van der Waals surface area contributed by atoms with Gasteiger partial charge in [-0.25, -0.2) is 4.79 Å². The minimum Gasteiger partial charge on any atom is -0.465 e.